The average Bonchev–Trinajstić information content (AvgIpc) is 2.53. The van der Waals surface area contributed by atoms with E-state index in [1.807, 2.05) is 12.1 Å². The van der Waals surface area contributed by atoms with Crippen molar-refractivity contribution in [1.29, 1.82) is 0 Å². The van der Waals surface area contributed by atoms with E-state index in [0.717, 1.165) is 5.56 Å². The van der Waals surface area contributed by atoms with Gasteiger partial charge in [-0.3, -0.25) is 4.79 Å². The quantitative estimate of drug-likeness (QED) is 0.374. The van der Waals surface area contributed by atoms with Crippen LogP contribution in [0.15, 0.2) is 48.7 Å². The Labute approximate surface area is 141 Å². The van der Waals surface area contributed by atoms with Crippen molar-refractivity contribution in [3.8, 4) is 0 Å². The first kappa shape index (κ1) is 17.7. The number of carbonyl (C=O) groups is 2. The summed E-state index contributed by atoms with van der Waals surface area (Å²) < 4.78 is 5.54. The molecule has 0 unspecified atom stereocenters. The highest BCUT2D eigenvalue weighted by atomic mass is 16.6. The standard InChI is InChI=1S/C19H21NO4/c1-13(24-18(22)16-7-5-6-12-20(16)23)17(21)14-8-10-15(11-9-14)19(2,3)4/h5-13H,1-4H3/t13-/m1/s1. The van der Waals surface area contributed by atoms with Crippen LogP contribution in [0.5, 0.6) is 0 Å². The van der Waals surface area contributed by atoms with Crippen LogP contribution in [0, 0.1) is 5.21 Å². The SMILES string of the molecule is C[C@@H](OC(=O)c1cccc[n+]1[O-])C(=O)c1ccc(C(C)(C)C)cc1. The number of hydrogen-bond donors (Lipinski definition) is 0. The molecular weight excluding hydrogens is 306 g/mol. The minimum atomic E-state index is -0.974. The first-order valence-corrected chi connectivity index (χ1v) is 7.74. The third-order valence-electron chi connectivity index (χ3n) is 3.72. The summed E-state index contributed by atoms with van der Waals surface area (Å²) in [6, 6.07) is 11.7. The number of esters is 1. The number of benzene rings is 1. The predicted octanol–water partition coefficient (Wildman–Crippen LogP) is 3.05. The van der Waals surface area contributed by atoms with Gasteiger partial charge in [0, 0.05) is 17.7 Å². The summed E-state index contributed by atoms with van der Waals surface area (Å²) in [6.45, 7) is 7.76. The van der Waals surface area contributed by atoms with E-state index in [9.17, 15) is 14.8 Å². The zero-order chi connectivity index (χ0) is 17.9. The van der Waals surface area contributed by atoms with E-state index in [1.165, 1.54) is 25.3 Å². The number of ether oxygens (including phenoxy) is 1. The second kappa shape index (κ2) is 6.83. The van der Waals surface area contributed by atoms with Crippen molar-refractivity contribution in [2.45, 2.75) is 39.2 Å². The highest BCUT2D eigenvalue weighted by Crippen LogP contribution is 2.22. The van der Waals surface area contributed by atoms with Crippen molar-refractivity contribution in [2.24, 2.45) is 0 Å². The molecule has 2 aromatic rings. The van der Waals surface area contributed by atoms with Crippen molar-refractivity contribution in [1.82, 2.24) is 0 Å². The van der Waals surface area contributed by atoms with Crippen LogP contribution < -0.4 is 4.73 Å². The monoisotopic (exact) mass is 327 g/mol. The van der Waals surface area contributed by atoms with Gasteiger partial charge in [-0.1, -0.05) is 45.0 Å². The fourth-order valence-electron chi connectivity index (χ4n) is 2.23. The smallest absolute Gasteiger partial charge is 0.405 e. The Balaban J connectivity index is 2.10. The minimum Gasteiger partial charge on any atom is -0.618 e. The molecule has 0 spiro atoms. The fraction of sp³-hybridized carbons (Fsp3) is 0.316. The van der Waals surface area contributed by atoms with E-state index in [1.54, 1.807) is 18.2 Å². The number of Topliss-reactive ketones (excluding diaryl/α,β-unsaturated/α-hetero) is 1. The van der Waals surface area contributed by atoms with E-state index in [-0.39, 0.29) is 16.9 Å². The zero-order valence-corrected chi connectivity index (χ0v) is 14.3. The van der Waals surface area contributed by atoms with Gasteiger partial charge in [0.15, 0.2) is 12.3 Å². The zero-order valence-electron chi connectivity index (χ0n) is 14.3. The van der Waals surface area contributed by atoms with Gasteiger partial charge in [0.2, 0.25) is 5.78 Å². The number of pyridine rings is 1. The molecule has 1 atom stereocenters. The molecule has 5 heteroatoms. The number of carbonyl (C=O) groups excluding carboxylic acids is 2. The lowest BCUT2D eigenvalue weighted by molar-refractivity contribution is -0.608. The summed E-state index contributed by atoms with van der Waals surface area (Å²) in [5.74, 6) is -1.13. The maximum atomic E-state index is 12.4. The highest BCUT2D eigenvalue weighted by molar-refractivity contribution is 6.01. The summed E-state index contributed by atoms with van der Waals surface area (Å²) in [6.07, 6.45) is 0.229. The fourth-order valence-corrected chi connectivity index (χ4v) is 2.23. The topological polar surface area (TPSA) is 70.3 Å². The largest absolute Gasteiger partial charge is 0.618 e. The van der Waals surface area contributed by atoms with Crippen LogP contribution in [0.1, 0.15) is 54.1 Å². The Hall–Kier alpha value is -2.69. The Morgan fingerprint density at radius 3 is 2.25 bits per heavy atom. The molecule has 0 saturated heterocycles. The van der Waals surface area contributed by atoms with Crippen molar-refractivity contribution in [3.05, 3.63) is 70.7 Å². The third-order valence-corrected chi connectivity index (χ3v) is 3.72. The van der Waals surface area contributed by atoms with Crippen LogP contribution in [0.2, 0.25) is 0 Å². The second-order valence-electron chi connectivity index (χ2n) is 6.65. The van der Waals surface area contributed by atoms with Crippen molar-refractivity contribution >= 4 is 11.8 Å². The van der Waals surface area contributed by atoms with Crippen LogP contribution in [-0.4, -0.2) is 17.9 Å². The summed E-state index contributed by atoms with van der Waals surface area (Å²) in [7, 11) is 0. The number of rotatable bonds is 4. The number of hydrogen-bond acceptors (Lipinski definition) is 4. The maximum absolute atomic E-state index is 12.4. The molecule has 0 aliphatic rings. The van der Waals surface area contributed by atoms with E-state index < -0.39 is 12.1 Å². The van der Waals surface area contributed by atoms with Crippen LogP contribution in [0.3, 0.4) is 0 Å². The molecule has 0 fully saturated rings. The predicted molar refractivity (Wildman–Crippen MR) is 89.8 cm³/mol. The van der Waals surface area contributed by atoms with Gasteiger partial charge in [0.1, 0.15) is 0 Å². The third kappa shape index (κ3) is 3.98. The number of aromatic nitrogens is 1. The van der Waals surface area contributed by atoms with Gasteiger partial charge in [-0.2, -0.15) is 4.73 Å². The van der Waals surface area contributed by atoms with E-state index >= 15 is 0 Å². The van der Waals surface area contributed by atoms with Gasteiger partial charge in [-0.25, -0.2) is 4.79 Å². The molecule has 1 aromatic carbocycles. The highest BCUT2D eigenvalue weighted by Gasteiger charge is 2.24. The van der Waals surface area contributed by atoms with Crippen LogP contribution in [-0.2, 0) is 10.2 Å². The van der Waals surface area contributed by atoms with Crippen LogP contribution in [0.25, 0.3) is 0 Å². The molecule has 0 bridgehead atoms. The number of nitrogens with zero attached hydrogens (tertiary/aromatic N) is 1. The van der Waals surface area contributed by atoms with Gasteiger partial charge in [0.05, 0.1) is 0 Å². The van der Waals surface area contributed by atoms with Crippen molar-refractivity contribution in [2.75, 3.05) is 0 Å². The molecule has 0 saturated carbocycles. The molecule has 126 valence electrons. The summed E-state index contributed by atoms with van der Waals surface area (Å²) in [4.78, 5) is 24.4. The molecule has 1 heterocycles. The first-order chi connectivity index (χ1) is 11.2. The van der Waals surface area contributed by atoms with Crippen molar-refractivity contribution < 1.29 is 19.1 Å². The molecule has 2 rings (SSSR count). The van der Waals surface area contributed by atoms with Gasteiger partial charge in [-0.05, 0) is 24.0 Å². The molecule has 1 aromatic heterocycles. The summed E-state index contributed by atoms with van der Waals surface area (Å²) >= 11 is 0. The van der Waals surface area contributed by atoms with Crippen LogP contribution >= 0.6 is 0 Å². The van der Waals surface area contributed by atoms with E-state index in [4.69, 9.17) is 4.74 Å². The molecule has 0 aliphatic heterocycles. The summed E-state index contributed by atoms with van der Waals surface area (Å²) in [5.41, 5.74) is 1.42. The Morgan fingerprint density at radius 1 is 1.08 bits per heavy atom. The molecule has 24 heavy (non-hydrogen) atoms. The van der Waals surface area contributed by atoms with Crippen LogP contribution in [0.4, 0.5) is 0 Å². The van der Waals surface area contributed by atoms with Crippen molar-refractivity contribution in [3.63, 3.8) is 0 Å². The molecule has 0 aliphatic carbocycles. The minimum absolute atomic E-state index is 0.00524. The van der Waals surface area contributed by atoms with E-state index in [0.29, 0.717) is 10.3 Å². The number of ketones is 1. The Kier molecular flexibility index (Phi) is 5.02. The van der Waals surface area contributed by atoms with Gasteiger partial charge >= 0.3 is 11.7 Å². The van der Waals surface area contributed by atoms with E-state index in [2.05, 4.69) is 20.8 Å². The molecular formula is C19H21NO4. The van der Waals surface area contributed by atoms with Gasteiger partial charge in [0.25, 0.3) is 0 Å². The van der Waals surface area contributed by atoms with Gasteiger partial charge in [-0.15, -0.1) is 0 Å². The Morgan fingerprint density at radius 2 is 1.71 bits per heavy atom. The molecule has 0 N–H and O–H groups in total. The average molecular weight is 327 g/mol. The molecule has 5 nitrogen and oxygen atoms in total. The first-order valence-electron chi connectivity index (χ1n) is 7.74. The molecule has 0 radical (unpaired) electrons. The lowest BCUT2D eigenvalue weighted by Gasteiger charge is -2.19. The lowest BCUT2D eigenvalue weighted by Crippen LogP contribution is -2.36. The lowest BCUT2D eigenvalue weighted by atomic mass is 9.86. The summed E-state index contributed by atoms with van der Waals surface area (Å²) in [5, 5.41) is 11.5. The Bertz CT molecular complexity index is 745. The maximum Gasteiger partial charge on any atom is 0.405 e. The normalized spacial score (nSPS) is 12.5. The van der Waals surface area contributed by atoms with Gasteiger partial charge < -0.3 is 9.94 Å². The second-order valence-corrected chi connectivity index (χ2v) is 6.65. The molecule has 0 amide bonds.